The minimum absolute atomic E-state index is 0.175. The van der Waals surface area contributed by atoms with Crippen LogP contribution in [0.1, 0.15) is 38.8 Å². The Kier molecular flexibility index (Phi) is 6.88. The molecule has 4 N–H and O–H groups in total. The molecule has 2 amide bonds. The van der Waals surface area contributed by atoms with Gasteiger partial charge in [-0.2, -0.15) is 0 Å². The highest BCUT2D eigenvalue weighted by molar-refractivity contribution is 5.88. The Hall–Kier alpha value is -1.88. The van der Waals surface area contributed by atoms with E-state index < -0.39 is 18.0 Å². The first-order chi connectivity index (χ1) is 9.97. The summed E-state index contributed by atoms with van der Waals surface area (Å²) in [5.41, 5.74) is 7.02. The Morgan fingerprint density at radius 1 is 1.14 bits per heavy atom. The van der Waals surface area contributed by atoms with Gasteiger partial charge < -0.3 is 16.4 Å². The fourth-order valence-electron chi connectivity index (χ4n) is 1.94. The van der Waals surface area contributed by atoms with Gasteiger partial charge in [0, 0.05) is 12.6 Å². The van der Waals surface area contributed by atoms with Crippen molar-refractivity contribution in [3.05, 3.63) is 35.9 Å². The van der Waals surface area contributed by atoms with Crippen molar-refractivity contribution in [3.8, 4) is 0 Å². The van der Waals surface area contributed by atoms with Crippen LogP contribution in [0.3, 0.4) is 0 Å². The molecule has 0 aliphatic carbocycles. The molecule has 0 bridgehead atoms. The quantitative estimate of drug-likeness (QED) is 0.709. The number of benzene rings is 1. The lowest BCUT2D eigenvalue weighted by atomic mass is 9.94. The number of nitrogens with one attached hydrogen (secondary N) is 2. The van der Waals surface area contributed by atoms with E-state index in [9.17, 15) is 9.59 Å². The van der Waals surface area contributed by atoms with Crippen LogP contribution in [0.15, 0.2) is 30.3 Å². The molecule has 5 heteroatoms. The fourth-order valence-corrected chi connectivity index (χ4v) is 1.94. The van der Waals surface area contributed by atoms with E-state index in [1.54, 1.807) is 13.8 Å². The third-order valence-electron chi connectivity index (χ3n) is 3.44. The van der Waals surface area contributed by atoms with Crippen molar-refractivity contribution in [3.63, 3.8) is 0 Å². The topological polar surface area (TPSA) is 84.2 Å². The van der Waals surface area contributed by atoms with Gasteiger partial charge in [0.25, 0.3) is 0 Å². The molecule has 116 valence electrons. The van der Waals surface area contributed by atoms with Gasteiger partial charge in [0.15, 0.2) is 0 Å². The predicted molar refractivity (Wildman–Crippen MR) is 83.4 cm³/mol. The van der Waals surface area contributed by atoms with Crippen molar-refractivity contribution >= 4 is 11.8 Å². The Morgan fingerprint density at radius 3 is 2.33 bits per heavy atom. The Balaban J connectivity index is 2.56. The van der Waals surface area contributed by atoms with Gasteiger partial charge in [-0.25, -0.2) is 0 Å². The summed E-state index contributed by atoms with van der Waals surface area (Å²) in [4.78, 5) is 23.9. The summed E-state index contributed by atoms with van der Waals surface area (Å²) in [5.74, 6) is -0.801. The van der Waals surface area contributed by atoms with E-state index in [0.29, 0.717) is 6.54 Å². The van der Waals surface area contributed by atoms with Crippen molar-refractivity contribution in [2.75, 3.05) is 6.54 Å². The smallest absolute Gasteiger partial charge is 0.242 e. The molecule has 0 radical (unpaired) electrons. The normalized spacial score (nSPS) is 14.9. The number of rotatable bonds is 7. The summed E-state index contributed by atoms with van der Waals surface area (Å²) in [6.07, 6.45) is 0.863. The Bertz CT molecular complexity index is 462. The number of carbonyl (C=O) groups excluding carboxylic acids is 2. The highest BCUT2D eigenvalue weighted by atomic mass is 16.2. The van der Waals surface area contributed by atoms with Gasteiger partial charge in [-0.05, 0) is 18.9 Å². The van der Waals surface area contributed by atoms with Crippen molar-refractivity contribution in [1.82, 2.24) is 10.6 Å². The lowest BCUT2D eigenvalue weighted by molar-refractivity contribution is -0.130. The molecule has 0 saturated carbocycles. The highest BCUT2D eigenvalue weighted by Gasteiger charge is 2.24. The van der Waals surface area contributed by atoms with Crippen LogP contribution in [0.5, 0.6) is 0 Å². The molecule has 5 nitrogen and oxygen atoms in total. The zero-order valence-corrected chi connectivity index (χ0v) is 12.9. The van der Waals surface area contributed by atoms with Crippen LogP contribution in [-0.4, -0.2) is 24.4 Å². The number of nitrogens with two attached hydrogens (primary N) is 1. The van der Waals surface area contributed by atoms with Gasteiger partial charge >= 0.3 is 0 Å². The second kappa shape index (κ2) is 8.42. The van der Waals surface area contributed by atoms with Crippen LogP contribution >= 0.6 is 0 Å². The number of carbonyl (C=O) groups is 2. The monoisotopic (exact) mass is 291 g/mol. The van der Waals surface area contributed by atoms with Crippen molar-refractivity contribution in [2.45, 2.75) is 39.3 Å². The third-order valence-corrected chi connectivity index (χ3v) is 3.44. The Morgan fingerprint density at radius 2 is 1.76 bits per heavy atom. The first-order valence-corrected chi connectivity index (χ1v) is 7.36. The van der Waals surface area contributed by atoms with Gasteiger partial charge in [-0.15, -0.1) is 0 Å². The molecule has 0 saturated heterocycles. The van der Waals surface area contributed by atoms with Gasteiger partial charge in [-0.3, -0.25) is 9.59 Å². The zero-order chi connectivity index (χ0) is 15.8. The van der Waals surface area contributed by atoms with E-state index in [1.807, 2.05) is 37.3 Å². The summed E-state index contributed by atoms with van der Waals surface area (Å²) in [6.45, 7) is 6.02. The molecule has 0 heterocycles. The first kappa shape index (κ1) is 17.2. The van der Waals surface area contributed by atoms with E-state index in [1.165, 1.54) is 0 Å². The predicted octanol–water partition coefficient (Wildman–Crippen LogP) is 1.35. The maximum Gasteiger partial charge on any atom is 0.242 e. The number of amides is 2. The van der Waals surface area contributed by atoms with Crippen molar-refractivity contribution in [1.29, 1.82) is 0 Å². The molecule has 3 unspecified atom stereocenters. The van der Waals surface area contributed by atoms with E-state index in [-0.39, 0.29) is 11.8 Å². The van der Waals surface area contributed by atoms with Crippen LogP contribution in [0.25, 0.3) is 0 Å². The van der Waals surface area contributed by atoms with Crippen LogP contribution < -0.4 is 16.4 Å². The molecule has 3 atom stereocenters. The molecular weight excluding hydrogens is 266 g/mol. The van der Waals surface area contributed by atoms with E-state index in [2.05, 4.69) is 10.6 Å². The number of hydrogen-bond acceptors (Lipinski definition) is 3. The van der Waals surface area contributed by atoms with Crippen molar-refractivity contribution < 1.29 is 9.59 Å². The fraction of sp³-hybridized carbons (Fsp3) is 0.500. The second-order valence-electron chi connectivity index (χ2n) is 5.25. The molecule has 1 aromatic carbocycles. The molecule has 0 aromatic heterocycles. The summed E-state index contributed by atoms with van der Waals surface area (Å²) >= 11 is 0. The SMILES string of the molecule is CCCNC(=O)C(C)NC(=O)C(C)C(N)c1ccccc1. The maximum atomic E-state index is 12.2. The average molecular weight is 291 g/mol. The molecular formula is C16H25N3O2. The minimum Gasteiger partial charge on any atom is -0.354 e. The second-order valence-corrected chi connectivity index (χ2v) is 5.25. The lowest BCUT2D eigenvalue weighted by Gasteiger charge is -2.22. The van der Waals surface area contributed by atoms with E-state index in [0.717, 1.165) is 12.0 Å². The van der Waals surface area contributed by atoms with Crippen LogP contribution in [0.4, 0.5) is 0 Å². The molecule has 1 aromatic rings. The molecule has 21 heavy (non-hydrogen) atoms. The third kappa shape index (κ3) is 5.19. The number of hydrogen-bond donors (Lipinski definition) is 3. The van der Waals surface area contributed by atoms with E-state index in [4.69, 9.17) is 5.73 Å². The van der Waals surface area contributed by atoms with Gasteiger partial charge in [0.2, 0.25) is 11.8 Å². The standard InChI is InChI=1S/C16H25N3O2/c1-4-10-18-16(21)12(3)19-15(20)11(2)14(17)13-8-6-5-7-9-13/h5-9,11-12,14H,4,10,17H2,1-3H3,(H,18,21)(H,19,20). The molecule has 0 spiro atoms. The van der Waals surface area contributed by atoms with Crippen LogP contribution in [0.2, 0.25) is 0 Å². The van der Waals surface area contributed by atoms with Crippen molar-refractivity contribution in [2.24, 2.45) is 11.7 Å². The lowest BCUT2D eigenvalue weighted by Crippen LogP contribution is -2.47. The summed E-state index contributed by atoms with van der Waals surface area (Å²) in [6, 6.07) is 8.52. The summed E-state index contributed by atoms with van der Waals surface area (Å²) < 4.78 is 0. The van der Waals surface area contributed by atoms with E-state index >= 15 is 0 Å². The zero-order valence-electron chi connectivity index (χ0n) is 12.9. The first-order valence-electron chi connectivity index (χ1n) is 7.36. The van der Waals surface area contributed by atoms with Gasteiger partial charge in [-0.1, -0.05) is 44.2 Å². The van der Waals surface area contributed by atoms with Gasteiger partial charge in [0.1, 0.15) is 6.04 Å². The van der Waals surface area contributed by atoms with Gasteiger partial charge in [0.05, 0.1) is 5.92 Å². The molecule has 0 fully saturated rings. The van der Waals surface area contributed by atoms with Crippen LogP contribution in [-0.2, 0) is 9.59 Å². The largest absolute Gasteiger partial charge is 0.354 e. The summed E-state index contributed by atoms with van der Waals surface area (Å²) in [7, 11) is 0. The minimum atomic E-state index is -0.561. The molecule has 0 aliphatic heterocycles. The van der Waals surface area contributed by atoms with Crippen LogP contribution in [0, 0.1) is 5.92 Å². The molecule has 0 aliphatic rings. The summed E-state index contributed by atoms with van der Waals surface area (Å²) in [5, 5.41) is 5.46. The maximum absolute atomic E-state index is 12.2. The highest BCUT2D eigenvalue weighted by Crippen LogP contribution is 2.19. The average Bonchev–Trinajstić information content (AvgIpc) is 2.51. The molecule has 1 rings (SSSR count). The Labute approximate surface area is 126 Å².